The number of halogens is 9. The molecule has 0 bridgehead atoms. The first-order chi connectivity index (χ1) is 15.1. The van der Waals surface area contributed by atoms with Gasteiger partial charge in [0.05, 0.1) is 68.1 Å². The Labute approximate surface area is 239 Å². The Balaban J connectivity index is 0.000000207. The SMILES string of the molecule is Brc1ccccc1N(Br)Br.Clc1c(Cl)c2ccc3ccc(Cl)c4c(Cl)c(Cl)c(c1Cl)c2c34. The van der Waals surface area contributed by atoms with E-state index in [-0.39, 0.29) is 5.02 Å². The average Bonchev–Trinajstić information content (AvgIpc) is 2.77. The normalized spacial score (nSPS) is 11.3. The molecular formula is C22H8Br3Cl6N. The van der Waals surface area contributed by atoms with Crippen LogP contribution < -0.4 is 2.95 Å². The second-order valence-corrected chi connectivity index (χ2v) is 12.2. The van der Waals surface area contributed by atoms with Crippen molar-refractivity contribution in [3.8, 4) is 0 Å². The molecule has 1 nitrogen and oxygen atoms in total. The van der Waals surface area contributed by atoms with E-state index in [1.807, 2.05) is 42.5 Å². The smallest absolute Gasteiger partial charge is 0.0791 e. The third-order valence-corrected chi connectivity index (χ3v) is 8.84. The van der Waals surface area contributed by atoms with Crippen LogP contribution in [-0.2, 0) is 0 Å². The zero-order chi connectivity index (χ0) is 23.3. The second-order valence-electron chi connectivity index (χ2n) is 6.64. The van der Waals surface area contributed by atoms with Crippen molar-refractivity contribution < 1.29 is 0 Å². The van der Waals surface area contributed by atoms with Crippen LogP contribution in [0.25, 0.3) is 32.3 Å². The molecule has 0 atom stereocenters. The van der Waals surface area contributed by atoms with Gasteiger partial charge in [-0.2, -0.15) is 0 Å². The molecular weight excluding hydrogens is 731 g/mol. The standard InChI is InChI=1S/C16H4Cl6.C6H4Br3N/c17-7-4-2-5-1-3-6-9-8(5)10(7)13(19)14(20)11(9)15(21)16(22)12(6)18;7-5-3-1-2-4-6(5)10(8)9/h1-4H;1-4H. The first kappa shape index (κ1) is 25.2. The van der Waals surface area contributed by atoms with Gasteiger partial charge < -0.3 is 0 Å². The van der Waals surface area contributed by atoms with E-state index in [0.29, 0.717) is 35.9 Å². The summed E-state index contributed by atoms with van der Waals surface area (Å²) in [6.07, 6.45) is 0. The van der Waals surface area contributed by atoms with Crippen LogP contribution in [0.15, 0.2) is 53.0 Å². The zero-order valence-electron chi connectivity index (χ0n) is 15.5. The molecule has 0 unspecified atom stereocenters. The van der Waals surface area contributed by atoms with Crippen molar-refractivity contribution in [1.82, 2.24) is 0 Å². The molecule has 0 spiro atoms. The van der Waals surface area contributed by atoms with Crippen molar-refractivity contribution in [1.29, 1.82) is 0 Å². The zero-order valence-corrected chi connectivity index (χ0v) is 24.8. The Morgan fingerprint density at radius 1 is 0.562 bits per heavy atom. The number of anilines is 1. The van der Waals surface area contributed by atoms with E-state index < -0.39 is 0 Å². The summed E-state index contributed by atoms with van der Waals surface area (Å²) in [4.78, 5) is 0. The molecule has 0 heterocycles. The van der Waals surface area contributed by atoms with Gasteiger partial charge in [0.25, 0.3) is 0 Å². The van der Waals surface area contributed by atoms with Gasteiger partial charge in [-0.25, -0.2) is 2.95 Å². The first-order valence-electron chi connectivity index (χ1n) is 8.78. The lowest BCUT2D eigenvalue weighted by atomic mass is 9.94. The largest absolute Gasteiger partial charge is 0.241 e. The van der Waals surface area contributed by atoms with Crippen molar-refractivity contribution in [2.75, 3.05) is 2.95 Å². The van der Waals surface area contributed by atoms with E-state index in [9.17, 15) is 0 Å². The van der Waals surface area contributed by atoms with Gasteiger partial charge in [-0.05, 0) is 39.5 Å². The van der Waals surface area contributed by atoms with Crippen LogP contribution in [0.1, 0.15) is 0 Å². The Morgan fingerprint density at radius 2 is 1.16 bits per heavy atom. The van der Waals surface area contributed by atoms with Crippen molar-refractivity contribution in [2.45, 2.75) is 0 Å². The molecule has 164 valence electrons. The van der Waals surface area contributed by atoms with Crippen molar-refractivity contribution >= 4 is 156 Å². The van der Waals surface area contributed by atoms with Crippen LogP contribution in [0.5, 0.6) is 0 Å². The topological polar surface area (TPSA) is 3.24 Å². The molecule has 0 aliphatic heterocycles. The fourth-order valence-electron chi connectivity index (χ4n) is 3.50. The third kappa shape index (κ3) is 4.29. The maximum absolute atomic E-state index is 6.45. The van der Waals surface area contributed by atoms with Crippen molar-refractivity contribution in [3.63, 3.8) is 0 Å². The van der Waals surface area contributed by atoms with E-state index in [2.05, 4.69) is 48.2 Å². The minimum atomic E-state index is 0.262. The van der Waals surface area contributed by atoms with Gasteiger partial charge in [0.2, 0.25) is 0 Å². The maximum atomic E-state index is 6.45. The molecule has 0 aliphatic carbocycles. The minimum absolute atomic E-state index is 0.262. The van der Waals surface area contributed by atoms with Gasteiger partial charge in [0.15, 0.2) is 0 Å². The summed E-state index contributed by atoms with van der Waals surface area (Å²) in [5.74, 6) is 0. The van der Waals surface area contributed by atoms with E-state index in [1.165, 1.54) is 0 Å². The van der Waals surface area contributed by atoms with Crippen LogP contribution in [-0.4, -0.2) is 0 Å². The lowest BCUT2D eigenvalue weighted by molar-refractivity contribution is 1.59. The number of nitrogens with zero attached hydrogens (tertiary/aromatic N) is 1. The molecule has 0 fully saturated rings. The molecule has 5 rings (SSSR count). The Kier molecular flexibility index (Phi) is 7.89. The van der Waals surface area contributed by atoms with Gasteiger partial charge in [-0.15, -0.1) is 0 Å². The molecule has 32 heavy (non-hydrogen) atoms. The maximum Gasteiger partial charge on any atom is 0.0791 e. The summed E-state index contributed by atoms with van der Waals surface area (Å²) in [6.45, 7) is 0. The summed E-state index contributed by atoms with van der Waals surface area (Å²) in [5.41, 5.74) is 1.04. The van der Waals surface area contributed by atoms with Crippen LogP contribution in [0.2, 0.25) is 30.1 Å². The highest BCUT2D eigenvalue weighted by Gasteiger charge is 2.23. The number of para-hydroxylation sites is 1. The lowest BCUT2D eigenvalue weighted by Gasteiger charge is -2.17. The molecule has 5 aromatic carbocycles. The fraction of sp³-hybridized carbons (Fsp3) is 0. The predicted octanol–water partition coefficient (Wildman–Crippen LogP) is 12.4. The summed E-state index contributed by atoms with van der Waals surface area (Å²) in [6, 6.07) is 15.4. The Bertz CT molecular complexity index is 1490. The molecule has 5 aromatic rings. The molecule has 0 aromatic heterocycles. The molecule has 0 saturated heterocycles. The number of hydrogen-bond donors (Lipinski definition) is 0. The van der Waals surface area contributed by atoms with E-state index in [4.69, 9.17) is 69.6 Å². The second kappa shape index (κ2) is 10.0. The fourth-order valence-corrected chi connectivity index (χ4v) is 6.76. The molecule has 0 radical (unpaired) electrons. The van der Waals surface area contributed by atoms with E-state index >= 15 is 0 Å². The molecule has 0 aliphatic rings. The average molecular weight is 739 g/mol. The first-order valence-corrected chi connectivity index (χ1v) is 13.3. The summed E-state index contributed by atoms with van der Waals surface area (Å²) >= 11 is 48.1. The Morgan fingerprint density at radius 3 is 1.78 bits per heavy atom. The van der Waals surface area contributed by atoms with Gasteiger partial charge >= 0.3 is 0 Å². The van der Waals surface area contributed by atoms with E-state index in [1.54, 1.807) is 9.02 Å². The highest BCUT2D eigenvalue weighted by atomic mass is 79.9. The monoisotopic (exact) mass is 733 g/mol. The minimum Gasteiger partial charge on any atom is -0.241 e. The lowest BCUT2D eigenvalue weighted by Crippen LogP contribution is -1.90. The van der Waals surface area contributed by atoms with Crippen LogP contribution in [0.3, 0.4) is 0 Å². The number of rotatable bonds is 1. The Hall–Kier alpha value is 0.120. The third-order valence-electron chi connectivity index (χ3n) is 4.89. The van der Waals surface area contributed by atoms with Crippen LogP contribution >= 0.6 is 118 Å². The van der Waals surface area contributed by atoms with Crippen LogP contribution in [0.4, 0.5) is 5.69 Å². The molecule has 0 saturated carbocycles. The van der Waals surface area contributed by atoms with Crippen molar-refractivity contribution in [3.05, 3.63) is 83.1 Å². The summed E-state index contributed by atoms with van der Waals surface area (Å²) in [7, 11) is 0. The molecule has 0 amide bonds. The summed E-state index contributed by atoms with van der Waals surface area (Å²) < 4.78 is 2.74. The summed E-state index contributed by atoms with van der Waals surface area (Å²) in [5, 5.41) is 6.89. The van der Waals surface area contributed by atoms with Crippen LogP contribution in [0, 0.1) is 0 Å². The van der Waals surface area contributed by atoms with Gasteiger partial charge in [-0.1, -0.05) is 99.9 Å². The van der Waals surface area contributed by atoms with Crippen molar-refractivity contribution in [2.24, 2.45) is 0 Å². The number of hydrogen-bond acceptors (Lipinski definition) is 1. The quantitative estimate of drug-likeness (QED) is 0.0940. The van der Waals surface area contributed by atoms with E-state index in [0.717, 1.165) is 31.7 Å². The molecule has 0 N–H and O–H groups in total. The van der Waals surface area contributed by atoms with Gasteiger partial charge in [0, 0.05) is 31.4 Å². The highest BCUT2D eigenvalue weighted by Crippen LogP contribution is 2.52. The molecule has 10 heteroatoms. The highest BCUT2D eigenvalue weighted by molar-refractivity contribution is 9.25. The number of benzene rings is 5. The van der Waals surface area contributed by atoms with Gasteiger partial charge in [0.1, 0.15) is 0 Å². The van der Waals surface area contributed by atoms with Gasteiger partial charge in [-0.3, -0.25) is 0 Å². The predicted molar refractivity (Wildman–Crippen MR) is 155 cm³/mol.